The molecule has 0 N–H and O–H groups in total. The van der Waals surface area contributed by atoms with Gasteiger partial charge in [-0.1, -0.05) is 41.9 Å². The highest BCUT2D eigenvalue weighted by atomic mass is 35.5. The molecule has 49 heavy (non-hydrogen) atoms. The minimum atomic E-state index is -0.321. The lowest BCUT2D eigenvalue weighted by molar-refractivity contribution is 0.0514. The Kier molecular flexibility index (Phi) is 9.16. The van der Waals surface area contributed by atoms with Crippen molar-refractivity contribution in [1.82, 2.24) is 19.3 Å². The molecule has 0 unspecified atom stereocenters. The van der Waals surface area contributed by atoms with E-state index in [4.69, 9.17) is 31.2 Å². The van der Waals surface area contributed by atoms with Crippen molar-refractivity contribution in [2.75, 3.05) is 13.2 Å². The number of halogens is 1. The Balaban J connectivity index is 1.27. The zero-order valence-electron chi connectivity index (χ0n) is 27.8. The topological polar surface area (TPSA) is 71.2 Å². The first kappa shape index (κ1) is 32.7. The van der Waals surface area contributed by atoms with Gasteiger partial charge in [0.05, 0.1) is 35.1 Å². The van der Waals surface area contributed by atoms with E-state index in [-0.39, 0.29) is 5.97 Å². The molecule has 0 saturated heterocycles. The van der Waals surface area contributed by atoms with E-state index < -0.39 is 0 Å². The van der Waals surface area contributed by atoms with Crippen LogP contribution < -0.4 is 4.74 Å². The van der Waals surface area contributed by atoms with Gasteiger partial charge in [0.2, 0.25) is 0 Å². The van der Waals surface area contributed by atoms with Gasteiger partial charge < -0.3 is 14.0 Å². The van der Waals surface area contributed by atoms with E-state index in [1.807, 2.05) is 48.1 Å². The van der Waals surface area contributed by atoms with Gasteiger partial charge >= 0.3 is 5.97 Å². The van der Waals surface area contributed by atoms with Crippen LogP contribution in [0.5, 0.6) is 5.75 Å². The molecule has 6 aromatic rings. The molecule has 0 aliphatic carbocycles. The summed E-state index contributed by atoms with van der Waals surface area (Å²) >= 11 is 12.6. The number of esters is 1. The van der Waals surface area contributed by atoms with Gasteiger partial charge in [0.25, 0.3) is 0 Å². The van der Waals surface area contributed by atoms with Gasteiger partial charge in [0.15, 0.2) is 0 Å². The molecular formula is C38H37ClN4O3S3. The number of aromatic nitrogens is 4. The lowest BCUT2D eigenvalue weighted by atomic mass is 9.97. The van der Waals surface area contributed by atoms with Crippen molar-refractivity contribution in [2.24, 2.45) is 7.05 Å². The summed E-state index contributed by atoms with van der Waals surface area (Å²) in [6, 6.07) is 16.9. The van der Waals surface area contributed by atoms with E-state index in [1.54, 1.807) is 11.3 Å². The quantitative estimate of drug-likeness (QED) is 0.165. The van der Waals surface area contributed by atoms with Gasteiger partial charge in [-0.05, 0) is 68.7 Å². The fourth-order valence-electron chi connectivity index (χ4n) is 7.28. The first-order valence-corrected chi connectivity index (χ1v) is 20.1. The molecule has 3 aromatic heterocycles. The number of aryl methyl sites for hydroxylation is 4. The zero-order valence-corrected chi connectivity index (χ0v) is 31.0. The fourth-order valence-corrected chi connectivity index (χ4v) is 10.7. The van der Waals surface area contributed by atoms with E-state index in [0.29, 0.717) is 30.4 Å². The average molecular weight is 729 g/mol. The van der Waals surface area contributed by atoms with Crippen molar-refractivity contribution in [1.29, 1.82) is 0 Å². The summed E-state index contributed by atoms with van der Waals surface area (Å²) in [6.45, 7) is 5.67. The molecule has 7 nitrogen and oxygen atoms in total. The van der Waals surface area contributed by atoms with Crippen molar-refractivity contribution in [3.05, 3.63) is 91.8 Å². The van der Waals surface area contributed by atoms with Gasteiger partial charge in [0.1, 0.15) is 16.5 Å². The summed E-state index contributed by atoms with van der Waals surface area (Å²) in [5.74, 6) is 2.97. The number of benzene rings is 3. The SMILES string of the molecule is CCOC(=O)c1c2c3ccc(Cl)c(c3n1C)-c1c(nn3c1CCC3)CSCc1nc(C)c(s1)CSc1cc(c3ccccc3c1)OCCC2. The van der Waals surface area contributed by atoms with Crippen LogP contribution in [0.15, 0.2) is 53.4 Å². The standard InChI is InChI=1S/C38H37ClN4O3S3/c1-4-45-38(44)37-26-11-8-16-46-31-18-24(17-23-9-5-6-10-25(23)31)48-20-32-22(2)40-33(49-32)21-47-19-29-35(30-12-7-15-43(30)41-29)34-28(39)14-13-27(26)36(34)42(37)3/h5-6,9-10,13-14,17-18H,4,7-8,11-12,15-16,19-21H2,1-3H3. The Morgan fingerprint density at radius 1 is 1.04 bits per heavy atom. The number of carbonyl (C=O) groups is 1. The number of rotatable bonds is 2. The van der Waals surface area contributed by atoms with Crippen LogP contribution in [0, 0.1) is 6.92 Å². The molecule has 0 radical (unpaired) electrons. The predicted molar refractivity (Wildman–Crippen MR) is 203 cm³/mol. The van der Waals surface area contributed by atoms with E-state index in [2.05, 4.69) is 54.1 Å². The Bertz CT molecular complexity index is 2240. The average Bonchev–Trinajstić information content (AvgIpc) is 3.84. The van der Waals surface area contributed by atoms with Crippen molar-refractivity contribution in [3.63, 3.8) is 0 Å². The molecule has 0 saturated carbocycles. The number of hydrogen-bond acceptors (Lipinski definition) is 8. The monoisotopic (exact) mass is 728 g/mol. The summed E-state index contributed by atoms with van der Waals surface area (Å²) in [7, 11) is 1.96. The predicted octanol–water partition coefficient (Wildman–Crippen LogP) is 9.79. The molecule has 0 fully saturated rings. The van der Waals surface area contributed by atoms with Gasteiger partial charge in [-0.15, -0.1) is 34.9 Å². The first-order valence-electron chi connectivity index (χ1n) is 16.8. The minimum absolute atomic E-state index is 0.302. The summed E-state index contributed by atoms with van der Waals surface area (Å²) in [6.07, 6.45) is 3.38. The molecule has 2 aliphatic rings. The number of fused-ring (bicyclic) bond motifs is 10. The van der Waals surface area contributed by atoms with Crippen molar-refractivity contribution < 1.29 is 14.3 Å². The highest BCUT2D eigenvalue weighted by Crippen LogP contribution is 2.44. The molecule has 0 spiro atoms. The molecule has 2 aliphatic heterocycles. The maximum atomic E-state index is 13.6. The molecule has 8 bridgehead atoms. The van der Waals surface area contributed by atoms with Crippen LogP contribution in [0.1, 0.15) is 62.8 Å². The number of hydrogen-bond donors (Lipinski definition) is 0. The van der Waals surface area contributed by atoms with Gasteiger partial charge in [-0.3, -0.25) is 4.68 Å². The largest absolute Gasteiger partial charge is 0.493 e. The zero-order chi connectivity index (χ0) is 33.6. The second-order valence-corrected chi connectivity index (χ2v) is 16.1. The van der Waals surface area contributed by atoms with Crippen LogP contribution >= 0.6 is 46.5 Å². The first-order chi connectivity index (χ1) is 23.9. The summed E-state index contributed by atoms with van der Waals surface area (Å²) in [5.41, 5.74) is 7.89. The van der Waals surface area contributed by atoms with Crippen molar-refractivity contribution in [3.8, 4) is 16.9 Å². The van der Waals surface area contributed by atoms with Crippen LogP contribution in [0.2, 0.25) is 5.02 Å². The van der Waals surface area contributed by atoms with Crippen molar-refractivity contribution in [2.45, 2.75) is 68.2 Å². The van der Waals surface area contributed by atoms with Crippen LogP contribution in [0.3, 0.4) is 0 Å². The maximum Gasteiger partial charge on any atom is 0.355 e. The third-order valence-electron chi connectivity index (χ3n) is 9.44. The Morgan fingerprint density at radius 3 is 2.80 bits per heavy atom. The van der Waals surface area contributed by atoms with Gasteiger partial charge in [0, 0.05) is 68.2 Å². The van der Waals surface area contributed by atoms with Gasteiger partial charge in [-0.2, -0.15) is 5.10 Å². The fraction of sp³-hybridized carbons (Fsp3) is 0.342. The number of nitrogens with zero attached hydrogens (tertiary/aromatic N) is 4. The van der Waals surface area contributed by atoms with E-state index in [0.717, 1.165) is 104 Å². The highest BCUT2D eigenvalue weighted by molar-refractivity contribution is 7.98. The lowest BCUT2D eigenvalue weighted by Crippen LogP contribution is -2.13. The van der Waals surface area contributed by atoms with E-state index in [1.165, 1.54) is 15.5 Å². The normalized spacial score (nSPS) is 15.2. The van der Waals surface area contributed by atoms with E-state index in [9.17, 15) is 4.79 Å². The number of thioether (sulfide) groups is 2. The maximum absolute atomic E-state index is 13.6. The van der Waals surface area contributed by atoms with Crippen LogP contribution in [-0.2, 0) is 48.4 Å². The summed E-state index contributed by atoms with van der Waals surface area (Å²) in [4.78, 5) is 21.1. The second kappa shape index (κ2) is 13.7. The van der Waals surface area contributed by atoms with Crippen LogP contribution in [0.4, 0.5) is 0 Å². The minimum Gasteiger partial charge on any atom is -0.493 e. The van der Waals surface area contributed by atoms with Crippen molar-refractivity contribution >= 4 is 74.1 Å². The number of ether oxygens (including phenoxy) is 2. The molecule has 0 atom stereocenters. The molecule has 5 heterocycles. The van der Waals surface area contributed by atoms with Crippen LogP contribution in [0.25, 0.3) is 32.8 Å². The Hall–Kier alpha value is -3.44. The highest BCUT2D eigenvalue weighted by Gasteiger charge is 2.30. The molecule has 3 aromatic carbocycles. The summed E-state index contributed by atoms with van der Waals surface area (Å²) < 4.78 is 16.3. The Labute approximate surface area is 303 Å². The molecule has 252 valence electrons. The summed E-state index contributed by atoms with van der Waals surface area (Å²) in [5, 5.41) is 10.2. The molecule has 8 rings (SSSR count). The van der Waals surface area contributed by atoms with Gasteiger partial charge in [-0.25, -0.2) is 9.78 Å². The second-order valence-electron chi connectivity index (χ2n) is 12.5. The molecular weight excluding hydrogens is 692 g/mol. The third kappa shape index (κ3) is 6.04. The van der Waals surface area contributed by atoms with E-state index >= 15 is 0 Å². The third-order valence-corrected chi connectivity index (χ3v) is 13.2. The molecule has 11 heteroatoms. The van der Waals surface area contributed by atoms with Crippen LogP contribution in [-0.4, -0.2) is 38.5 Å². The molecule has 0 amide bonds. The number of thiazole rings is 1. The Morgan fingerprint density at radius 2 is 1.92 bits per heavy atom. The smallest absolute Gasteiger partial charge is 0.355 e. The lowest BCUT2D eigenvalue weighted by Gasteiger charge is -2.12. The number of carbonyl (C=O) groups excluding carboxylic acids is 1.